The molecule has 4 nitrogen and oxygen atoms in total. The fourth-order valence-corrected chi connectivity index (χ4v) is 4.81. The van der Waals surface area contributed by atoms with Crippen LogP contribution in [0.15, 0.2) is 65.6 Å². The topological polar surface area (TPSA) is 62.0 Å². The van der Waals surface area contributed by atoms with Crippen LogP contribution in [0.3, 0.4) is 0 Å². The van der Waals surface area contributed by atoms with Gasteiger partial charge in [0.05, 0.1) is 21.2 Å². The Morgan fingerprint density at radius 1 is 1.00 bits per heavy atom. The van der Waals surface area contributed by atoms with Crippen LogP contribution in [0.5, 0.6) is 0 Å². The van der Waals surface area contributed by atoms with Crippen LogP contribution in [0.4, 0.5) is 4.39 Å². The molecule has 0 fully saturated rings. The molecule has 7 heteroatoms. The molecule has 3 aromatic carbocycles. The molecule has 148 valence electrons. The van der Waals surface area contributed by atoms with E-state index < -0.39 is 15.8 Å². The summed E-state index contributed by atoms with van der Waals surface area (Å²) in [6.07, 6.45) is 0. The standard InChI is InChI=1S/C22H18ClFN2O2S/c1-13-5-3-8-20(29(27,28)25-2)21(13)14-9-10-18-15(11-14)12-19(26-18)22-16(23)6-4-7-17(22)24/h3-12,25-26H,1-2H3. The number of benzene rings is 3. The smallest absolute Gasteiger partial charge is 0.240 e. The van der Waals surface area contributed by atoms with Crippen LogP contribution in [0.25, 0.3) is 33.3 Å². The summed E-state index contributed by atoms with van der Waals surface area (Å²) in [7, 11) is -2.24. The maximum atomic E-state index is 14.3. The molecule has 4 rings (SSSR count). The van der Waals surface area contributed by atoms with Gasteiger partial charge in [-0.2, -0.15) is 0 Å². The van der Waals surface area contributed by atoms with E-state index in [4.69, 9.17) is 11.6 Å². The van der Waals surface area contributed by atoms with E-state index >= 15 is 0 Å². The van der Waals surface area contributed by atoms with Gasteiger partial charge in [0.2, 0.25) is 10.0 Å². The molecule has 2 N–H and O–H groups in total. The predicted octanol–water partition coefficient (Wildman–Crippen LogP) is 5.51. The molecule has 1 aromatic heterocycles. The molecule has 0 aliphatic carbocycles. The molecule has 0 bridgehead atoms. The van der Waals surface area contributed by atoms with Crippen LogP contribution >= 0.6 is 11.6 Å². The van der Waals surface area contributed by atoms with Gasteiger partial charge in [-0.3, -0.25) is 0 Å². The average molecular weight is 429 g/mol. The molecular weight excluding hydrogens is 411 g/mol. The zero-order valence-corrected chi connectivity index (χ0v) is 17.3. The fourth-order valence-electron chi connectivity index (χ4n) is 3.52. The number of nitrogens with one attached hydrogen (secondary N) is 2. The van der Waals surface area contributed by atoms with E-state index in [9.17, 15) is 12.8 Å². The SMILES string of the molecule is CNS(=O)(=O)c1cccc(C)c1-c1ccc2[nH]c(-c3c(F)cccc3Cl)cc2c1. The van der Waals surface area contributed by atoms with Crippen molar-refractivity contribution in [2.24, 2.45) is 0 Å². The van der Waals surface area contributed by atoms with Crippen molar-refractivity contribution in [1.82, 2.24) is 9.71 Å². The Kier molecular flexibility index (Phi) is 4.94. The lowest BCUT2D eigenvalue weighted by Crippen LogP contribution is -2.19. The quantitative estimate of drug-likeness (QED) is 0.450. The number of rotatable bonds is 4. The Bertz CT molecular complexity index is 1330. The predicted molar refractivity (Wildman–Crippen MR) is 115 cm³/mol. The Labute approximate surface area is 173 Å². The second-order valence-corrected chi connectivity index (χ2v) is 9.00. The lowest BCUT2D eigenvalue weighted by molar-refractivity contribution is 0.588. The van der Waals surface area contributed by atoms with E-state index in [1.165, 1.54) is 13.1 Å². The second-order valence-electron chi connectivity index (χ2n) is 6.74. The first-order valence-electron chi connectivity index (χ1n) is 8.92. The first kappa shape index (κ1) is 19.6. The maximum Gasteiger partial charge on any atom is 0.240 e. The largest absolute Gasteiger partial charge is 0.354 e. The van der Waals surface area contributed by atoms with Gasteiger partial charge in [-0.1, -0.05) is 35.9 Å². The highest BCUT2D eigenvalue weighted by Crippen LogP contribution is 2.36. The Morgan fingerprint density at radius 2 is 1.76 bits per heavy atom. The third kappa shape index (κ3) is 3.44. The molecule has 29 heavy (non-hydrogen) atoms. The van der Waals surface area contributed by atoms with E-state index in [-0.39, 0.29) is 4.90 Å². The molecule has 0 aliphatic rings. The molecule has 0 spiro atoms. The second kappa shape index (κ2) is 7.30. The summed E-state index contributed by atoms with van der Waals surface area (Å²) in [6, 6.07) is 17.1. The van der Waals surface area contributed by atoms with Crippen LogP contribution in [0.1, 0.15) is 5.56 Å². The number of H-pyrrole nitrogens is 1. The number of hydrogen-bond acceptors (Lipinski definition) is 2. The third-order valence-corrected chi connectivity index (χ3v) is 6.71. The summed E-state index contributed by atoms with van der Waals surface area (Å²) < 4.78 is 41.7. The Hall–Kier alpha value is -2.67. The van der Waals surface area contributed by atoms with Crippen LogP contribution in [0, 0.1) is 12.7 Å². The third-order valence-electron chi connectivity index (χ3n) is 4.93. The molecule has 0 amide bonds. The van der Waals surface area contributed by atoms with E-state index in [0.29, 0.717) is 21.8 Å². The highest BCUT2D eigenvalue weighted by Gasteiger charge is 2.20. The van der Waals surface area contributed by atoms with E-state index in [1.54, 1.807) is 24.3 Å². The van der Waals surface area contributed by atoms with Gasteiger partial charge in [0, 0.05) is 16.5 Å². The van der Waals surface area contributed by atoms with Crippen molar-refractivity contribution in [3.05, 3.63) is 77.1 Å². The molecular formula is C22H18ClFN2O2S. The Balaban J connectivity index is 1.91. The van der Waals surface area contributed by atoms with Crippen molar-refractivity contribution in [1.29, 1.82) is 0 Å². The summed E-state index contributed by atoms with van der Waals surface area (Å²) in [5, 5.41) is 1.14. The molecule has 0 radical (unpaired) electrons. The normalized spacial score (nSPS) is 11.9. The van der Waals surface area contributed by atoms with Gasteiger partial charge in [-0.25, -0.2) is 17.5 Å². The molecule has 4 aromatic rings. The van der Waals surface area contributed by atoms with Gasteiger partial charge in [0.15, 0.2) is 0 Å². The van der Waals surface area contributed by atoms with E-state index in [1.807, 2.05) is 37.3 Å². The molecule has 0 unspecified atom stereocenters. The minimum Gasteiger partial charge on any atom is -0.354 e. The number of fused-ring (bicyclic) bond motifs is 1. The van der Waals surface area contributed by atoms with Gasteiger partial charge >= 0.3 is 0 Å². The van der Waals surface area contributed by atoms with Crippen LogP contribution < -0.4 is 4.72 Å². The van der Waals surface area contributed by atoms with Gasteiger partial charge in [-0.05, 0) is 61.5 Å². The van der Waals surface area contributed by atoms with Crippen LogP contribution in [0.2, 0.25) is 5.02 Å². The minimum absolute atomic E-state index is 0.215. The minimum atomic E-state index is -3.63. The van der Waals surface area contributed by atoms with Crippen molar-refractivity contribution in [3.63, 3.8) is 0 Å². The van der Waals surface area contributed by atoms with Crippen molar-refractivity contribution in [2.45, 2.75) is 11.8 Å². The molecule has 0 saturated heterocycles. The molecule has 0 saturated carbocycles. The first-order chi connectivity index (χ1) is 13.8. The van der Waals surface area contributed by atoms with Crippen LogP contribution in [-0.4, -0.2) is 20.4 Å². The molecule has 1 heterocycles. The summed E-state index contributed by atoms with van der Waals surface area (Å²) in [5.41, 5.74) is 3.91. The molecule has 0 atom stereocenters. The van der Waals surface area contributed by atoms with Gasteiger partial charge in [0.25, 0.3) is 0 Å². The highest BCUT2D eigenvalue weighted by atomic mass is 35.5. The monoisotopic (exact) mass is 428 g/mol. The van der Waals surface area contributed by atoms with Crippen molar-refractivity contribution < 1.29 is 12.8 Å². The number of aromatic amines is 1. The van der Waals surface area contributed by atoms with Crippen molar-refractivity contribution in [2.75, 3.05) is 7.05 Å². The first-order valence-corrected chi connectivity index (χ1v) is 10.8. The van der Waals surface area contributed by atoms with Gasteiger partial charge in [-0.15, -0.1) is 0 Å². The number of hydrogen-bond donors (Lipinski definition) is 2. The number of aromatic nitrogens is 1. The maximum absolute atomic E-state index is 14.3. The highest BCUT2D eigenvalue weighted by molar-refractivity contribution is 7.89. The fraction of sp³-hybridized carbons (Fsp3) is 0.0909. The van der Waals surface area contributed by atoms with Crippen molar-refractivity contribution >= 4 is 32.5 Å². The zero-order chi connectivity index (χ0) is 20.8. The lowest BCUT2D eigenvalue weighted by Gasteiger charge is -2.13. The number of sulfonamides is 1. The average Bonchev–Trinajstić information content (AvgIpc) is 3.10. The van der Waals surface area contributed by atoms with E-state index in [2.05, 4.69) is 9.71 Å². The number of halogens is 2. The number of aryl methyl sites for hydroxylation is 1. The summed E-state index contributed by atoms with van der Waals surface area (Å²) in [6.45, 7) is 1.87. The summed E-state index contributed by atoms with van der Waals surface area (Å²) in [5.74, 6) is -0.411. The van der Waals surface area contributed by atoms with Crippen LogP contribution in [-0.2, 0) is 10.0 Å². The summed E-state index contributed by atoms with van der Waals surface area (Å²) in [4.78, 5) is 3.40. The van der Waals surface area contributed by atoms with Crippen molar-refractivity contribution in [3.8, 4) is 22.4 Å². The lowest BCUT2D eigenvalue weighted by atomic mass is 9.99. The summed E-state index contributed by atoms with van der Waals surface area (Å²) >= 11 is 6.19. The van der Waals surface area contributed by atoms with E-state index in [0.717, 1.165) is 22.0 Å². The zero-order valence-electron chi connectivity index (χ0n) is 15.8. The molecule has 0 aliphatic heterocycles. The van der Waals surface area contributed by atoms with Gasteiger partial charge < -0.3 is 4.98 Å². The Morgan fingerprint density at radius 3 is 2.48 bits per heavy atom. The van der Waals surface area contributed by atoms with Gasteiger partial charge in [0.1, 0.15) is 5.82 Å².